The molecule has 1 amide bonds. The predicted molar refractivity (Wildman–Crippen MR) is 107 cm³/mol. The Kier molecular flexibility index (Phi) is 5.35. The van der Waals surface area contributed by atoms with E-state index in [1.54, 1.807) is 32.2 Å². The summed E-state index contributed by atoms with van der Waals surface area (Å²) in [5.74, 6) is 1.34. The molecule has 2 aromatic carbocycles. The van der Waals surface area contributed by atoms with Crippen molar-refractivity contribution in [2.24, 2.45) is 0 Å². The summed E-state index contributed by atoms with van der Waals surface area (Å²) in [5, 5.41) is 6.08. The van der Waals surface area contributed by atoms with Crippen molar-refractivity contribution in [3.63, 3.8) is 0 Å². The van der Waals surface area contributed by atoms with Crippen LogP contribution < -0.4 is 15.4 Å². The van der Waals surface area contributed by atoms with Gasteiger partial charge in [-0.05, 0) is 56.2 Å². The van der Waals surface area contributed by atoms with Crippen LogP contribution in [0.1, 0.15) is 27.4 Å². The summed E-state index contributed by atoms with van der Waals surface area (Å²) in [4.78, 5) is 21.3. The van der Waals surface area contributed by atoms with Crippen molar-refractivity contribution in [1.29, 1.82) is 0 Å². The number of ether oxygens (including phenoxy) is 1. The molecule has 1 heterocycles. The number of aromatic nitrogens is 2. The average molecular weight is 362 g/mol. The van der Waals surface area contributed by atoms with Gasteiger partial charge in [-0.25, -0.2) is 9.97 Å². The van der Waals surface area contributed by atoms with Crippen LogP contribution in [-0.4, -0.2) is 23.0 Å². The third-order valence-corrected chi connectivity index (χ3v) is 3.92. The van der Waals surface area contributed by atoms with Gasteiger partial charge in [0, 0.05) is 11.8 Å². The molecule has 6 nitrogen and oxygen atoms in total. The van der Waals surface area contributed by atoms with Gasteiger partial charge in [-0.3, -0.25) is 4.79 Å². The highest BCUT2D eigenvalue weighted by molar-refractivity contribution is 6.04. The number of benzene rings is 2. The lowest BCUT2D eigenvalue weighted by atomic mass is 10.1. The van der Waals surface area contributed by atoms with Gasteiger partial charge in [-0.15, -0.1) is 0 Å². The lowest BCUT2D eigenvalue weighted by molar-refractivity contribution is 0.102. The SMILES string of the molecule is COc1ccccc1NC(=O)c1cc(Nc2cc(C)cc(C)c2)nc(C)n1. The molecule has 0 saturated carbocycles. The van der Waals surface area contributed by atoms with E-state index in [0.717, 1.165) is 16.8 Å². The maximum absolute atomic E-state index is 12.7. The van der Waals surface area contributed by atoms with E-state index in [0.29, 0.717) is 23.1 Å². The molecule has 0 aliphatic heterocycles. The number of amides is 1. The number of carbonyl (C=O) groups excluding carboxylic acids is 1. The fourth-order valence-electron chi connectivity index (χ4n) is 2.88. The van der Waals surface area contributed by atoms with Crippen molar-refractivity contribution in [1.82, 2.24) is 9.97 Å². The second-order valence-corrected chi connectivity index (χ2v) is 6.34. The molecule has 138 valence electrons. The maximum atomic E-state index is 12.7. The van der Waals surface area contributed by atoms with Crippen LogP contribution in [0.25, 0.3) is 0 Å². The van der Waals surface area contributed by atoms with Gasteiger partial charge in [0.2, 0.25) is 0 Å². The van der Waals surface area contributed by atoms with Crippen LogP contribution in [0.5, 0.6) is 5.75 Å². The first-order chi connectivity index (χ1) is 12.9. The first-order valence-corrected chi connectivity index (χ1v) is 8.60. The van der Waals surface area contributed by atoms with Crippen LogP contribution in [0.4, 0.5) is 17.2 Å². The monoisotopic (exact) mass is 362 g/mol. The van der Waals surface area contributed by atoms with E-state index >= 15 is 0 Å². The summed E-state index contributed by atoms with van der Waals surface area (Å²) in [6.07, 6.45) is 0. The first-order valence-electron chi connectivity index (χ1n) is 8.60. The van der Waals surface area contributed by atoms with Crippen LogP contribution in [0.15, 0.2) is 48.5 Å². The van der Waals surface area contributed by atoms with Gasteiger partial charge in [-0.2, -0.15) is 0 Å². The fraction of sp³-hybridized carbons (Fsp3) is 0.190. The molecular weight excluding hydrogens is 340 g/mol. The predicted octanol–water partition coefficient (Wildman–Crippen LogP) is 4.41. The topological polar surface area (TPSA) is 76.1 Å². The molecule has 3 aromatic rings. The number of carbonyl (C=O) groups is 1. The Morgan fingerprint density at radius 3 is 2.37 bits per heavy atom. The fourth-order valence-corrected chi connectivity index (χ4v) is 2.88. The molecule has 1 aromatic heterocycles. The van der Waals surface area contributed by atoms with Crippen LogP contribution in [0.3, 0.4) is 0 Å². The van der Waals surface area contributed by atoms with Crippen molar-refractivity contribution >= 4 is 23.1 Å². The number of methoxy groups -OCH3 is 1. The number of hydrogen-bond acceptors (Lipinski definition) is 5. The van der Waals surface area contributed by atoms with Crippen molar-refractivity contribution < 1.29 is 9.53 Å². The molecule has 0 radical (unpaired) electrons. The Bertz CT molecular complexity index is 965. The van der Waals surface area contributed by atoms with Crippen molar-refractivity contribution in [2.75, 3.05) is 17.7 Å². The highest BCUT2D eigenvalue weighted by Crippen LogP contribution is 2.24. The molecule has 0 aliphatic rings. The molecule has 0 spiro atoms. The molecule has 0 aliphatic carbocycles. The quantitative estimate of drug-likeness (QED) is 0.703. The molecule has 0 atom stereocenters. The summed E-state index contributed by atoms with van der Waals surface area (Å²) in [7, 11) is 1.56. The molecule has 2 N–H and O–H groups in total. The summed E-state index contributed by atoms with van der Waals surface area (Å²) in [6.45, 7) is 5.83. The smallest absolute Gasteiger partial charge is 0.274 e. The number of nitrogens with one attached hydrogen (secondary N) is 2. The number of anilines is 3. The van der Waals surface area contributed by atoms with E-state index in [-0.39, 0.29) is 11.6 Å². The summed E-state index contributed by atoms with van der Waals surface area (Å²) >= 11 is 0. The van der Waals surface area contributed by atoms with Crippen molar-refractivity contribution in [3.05, 3.63) is 71.2 Å². The lowest BCUT2D eigenvalue weighted by Gasteiger charge is -2.12. The largest absolute Gasteiger partial charge is 0.495 e. The normalized spacial score (nSPS) is 10.4. The molecule has 0 saturated heterocycles. The second-order valence-electron chi connectivity index (χ2n) is 6.34. The zero-order chi connectivity index (χ0) is 19.4. The van der Waals surface area contributed by atoms with Crippen LogP contribution >= 0.6 is 0 Å². The van der Waals surface area contributed by atoms with Crippen LogP contribution in [-0.2, 0) is 0 Å². The van der Waals surface area contributed by atoms with Gasteiger partial charge in [0.05, 0.1) is 12.8 Å². The molecule has 0 unspecified atom stereocenters. The average Bonchev–Trinajstić information content (AvgIpc) is 2.60. The number of rotatable bonds is 5. The zero-order valence-electron chi connectivity index (χ0n) is 15.8. The van der Waals surface area contributed by atoms with E-state index in [2.05, 4.69) is 26.7 Å². The molecule has 0 bridgehead atoms. The third-order valence-electron chi connectivity index (χ3n) is 3.92. The molecule has 27 heavy (non-hydrogen) atoms. The molecule has 6 heteroatoms. The number of hydrogen-bond donors (Lipinski definition) is 2. The summed E-state index contributed by atoms with van der Waals surface area (Å²) in [6, 6.07) is 15.0. The number of nitrogens with zero attached hydrogens (tertiary/aromatic N) is 2. The van der Waals surface area contributed by atoms with E-state index in [4.69, 9.17) is 4.74 Å². The molecule has 0 fully saturated rings. The molecule has 3 rings (SSSR count). The highest BCUT2D eigenvalue weighted by Gasteiger charge is 2.13. The molecular formula is C21H22N4O2. The summed E-state index contributed by atoms with van der Waals surface area (Å²) < 4.78 is 5.27. The van der Waals surface area contributed by atoms with Crippen molar-refractivity contribution in [3.8, 4) is 5.75 Å². The van der Waals surface area contributed by atoms with Gasteiger partial charge in [0.1, 0.15) is 23.1 Å². The van der Waals surface area contributed by atoms with Gasteiger partial charge >= 0.3 is 0 Å². The van der Waals surface area contributed by atoms with Gasteiger partial charge in [0.15, 0.2) is 0 Å². The Hall–Kier alpha value is -3.41. The van der Waals surface area contributed by atoms with Crippen molar-refractivity contribution in [2.45, 2.75) is 20.8 Å². The minimum atomic E-state index is -0.325. The summed E-state index contributed by atoms with van der Waals surface area (Å²) in [5.41, 5.74) is 4.09. The zero-order valence-corrected chi connectivity index (χ0v) is 15.8. The third kappa shape index (κ3) is 4.61. The number of para-hydroxylation sites is 2. The second kappa shape index (κ2) is 7.86. The minimum absolute atomic E-state index is 0.278. The Morgan fingerprint density at radius 1 is 0.963 bits per heavy atom. The van der Waals surface area contributed by atoms with E-state index < -0.39 is 0 Å². The standard InChI is InChI=1S/C21H22N4O2/c1-13-9-14(2)11-16(10-13)24-20-12-18(22-15(3)23-20)21(26)25-17-7-5-6-8-19(17)27-4/h5-12H,1-4H3,(H,25,26)(H,22,23,24). The van der Waals surface area contributed by atoms with Gasteiger partial charge in [0.25, 0.3) is 5.91 Å². The van der Waals surface area contributed by atoms with Gasteiger partial charge in [-0.1, -0.05) is 18.2 Å². The minimum Gasteiger partial charge on any atom is -0.495 e. The van der Waals surface area contributed by atoms with E-state index in [9.17, 15) is 4.79 Å². The first kappa shape index (κ1) is 18.4. The van der Waals surface area contributed by atoms with Crippen LogP contribution in [0, 0.1) is 20.8 Å². The Morgan fingerprint density at radius 2 is 1.67 bits per heavy atom. The van der Waals surface area contributed by atoms with Gasteiger partial charge < -0.3 is 15.4 Å². The van der Waals surface area contributed by atoms with E-state index in [1.807, 2.05) is 38.1 Å². The Balaban J connectivity index is 1.85. The Labute approximate surface area is 158 Å². The maximum Gasteiger partial charge on any atom is 0.274 e. The van der Waals surface area contributed by atoms with Crippen LogP contribution in [0.2, 0.25) is 0 Å². The number of aryl methyl sites for hydroxylation is 3. The highest BCUT2D eigenvalue weighted by atomic mass is 16.5. The van der Waals surface area contributed by atoms with E-state index in [1.165, 1.54) is 0 Å². The lowest BCUT2D eigenvalue weighted by Crippen LogP contribution is -2.16.